The van der Waals surface area contributed by atoms with Gasteiger partial charge in [0.05, 0.1) is 0 Å². The molecule has 0 aliphatic carbocycles. The van der Waals surface area contributed by atoms with Gasteiger partial charge in [-0.1, -0.05) is 30.3 Å². The second-order valence-corrected chi connectivity index (χ2v) is 5.22. The Balaban J connectivity index is 2.59. The molecule has 0 unspecified atom stereocenters. The molecule has 0 atom stereocenters. The number of nitrogen functional groups attached to an aromatic ring is 1. The molecule has 2 rings (SSSR count). The van der Waals surface area contributed by atoms with E-state index in [4.69, 9.17) is 5.84 Å². The Morgan fingerprint density at radius 2 is 1.81 bits per heavy atom. The molecule has 0 amide bonds. The summed E-state index contributed by atoms with van der Waals surface area (Å²) in [6.45, 7) is 0. The topological polar surface area (TPSA) is 90.9 Å². The molecule has 1 aromatic heterocycles. The van der Waals surface area contributed by atoms with Crippen molar-refractivity contribution in [3.8, 4) is 11.4 Å². The molecule has 2 aromatic rings. The van der Waals surface area contributed by atoms with Crippen LogP contribution in [-0.4, -0.2) is 29.5 Å². The summed E-state index contributed by atoms with van der Waals surface area (Å²) in [7, 11) is -3.46. The van der Waals surface area contributed by atoms with Crippen LogP contribution >= 0.6 is 0 Å². The second-order valence-electron chi connectivity index (χ2n) is 3.31. The lowest BCUT2D eigenvalue weighted by molar-refractivity contribution is 0.587. The number of aromatic nitrogens is 3. The zero-order chi connectivity index (χ0) is 11.8. The van der Waals surface area contributed by atoms with Crippen molar-refractivity contribution in [1.29, 1.82) is 0 Å². The number of nitrogens with two attached hydrogens (primary N) is 1. The number of benzene rings is 1. The van der Waals surface area contributed by atoms with Crippen LogP contribution in [0.1, 0.15) is 0 Å². The van der Waals surface area contributed by atoms with Crippen LogP contribution in [-0.2, 0) is 9.84 Å². The van der Waals surface area contributed by atoms with E-state index in [1.165, 1.54) is 0 Å². The van der Waals surface area contributed by atoms with Gasteiger partial charge in [-0.2, -0.15) is 0 Å². The highest BCUT2D eigenvalue weighted by atomic mass is 32.2. The van der Waals surface area contributed by atoms with Gasteiger partial charge in [0.2, 0.25) is 9.84 Å². The minimum atomic E-state index is -3.46. The zero-order valence-corrected chi connectivity index (χ0v) is 9.35. The van der Waals surface area contributed by atoms with Gasteiger partial charge in [0.1, 0.15) is 0 Å². The van der Waals surface area contributed by atoms with Crippen LogP contribution in [0.3, 0.4) is 0 Å². The third-order valence-electron chi connectivity index (χ3n) is 2.03. The third-order valence-corrected chi connectivity index (χ3v) is 2.97. The predicted molar refractivity (Wildman–Crippen MR) is 58.7 cm³/mol. The molecule has 0 saturated heterocycles. The van der Waals surface area contributed by atoms with Gasteiger partial charge in [0, 0.05) is 11.8 Å². The Hall–Kier alpha value is -1.89. The van der Waals surface area contributed by atoms with E-state index in [-0.39, 0.29) is 5.16 Å². The molecule has 0 fully saturated rings. The molecule has 16 heavy (non-hydrogen) atoms. The lowest BCUT2D eigenvalue weighted by Gasteiger charge is -2.01. The van der Waals surface area contributed by atoms with Gasteiger partial charge < -0.3 is 5.84 Å². The van der Waals surface area contributed by atoms with Crippen molar-refractivity contribution in [3.63, 3.8) is 0 Å². The van der Waals surface area contributed by atoms with Crippen LogP contribution in [0.5, 0.6) is 0 Å². The van der Waals surface area contributed by atoms with E-state index in [2.05, 4.69) is 10.2 Å². The Bertz CT molecular complexity index is 604. The van der Waals surface area contributed by atoms with Crippen molar-refractivity contribution in [1.82, 2.24) is 14.9 Å². The Morgan fingerprint density at radius 3 is 2.31 bits per heavy atom. The van der Waals surface area contributed by atoms with Gasteiger partial charge in [-0.25, -0.2) is 13.1 Å². The Labute approximate surface area is 92.6 Å². The summed E-state index contributed by atoms with van der Waals surface area (Å²) in [4.78, 5) is 0. The first-order valence-corrected chi connectivity index (χ1v) is 6.35. The van der Waals surface area contributed by atoms with Crippen molar-refractivity contribution in [3.05, 3.63) is 30.3 Å². The highest BCUT2D eigenvalue weighted by Crippen LogP contribution is 2.17. The third kappa shape index (κ3) is 1.76. The fourth-order valence-corrected chi connectivity index (χ4v) is 1.95. The van der Waals surface area contributed by atoms with E-state index in [1.54, 1.807) is 12.1 Å². The fourth-order valence-electron chi connectivity index (χ4n) is 1.31. The molecule has 2 N–H and O–H groups in total. The summed E-state index contributed by atoms with van der Waals surface area (Å²) in [6.07, 6.45) is 1.04. The number of sulfone groups is 1. The van der Waals surface area contributed by atoms with E-state index >= 15 is 0 Å². The fraction of sp³-hybridized carbons (Fsp3) is 0.111. The van der Waals surface area contributed by atoms with Crippen LogP contribution in [0.4, 0.5) is 0 Å². The molecule has 84 valence electrons. The van der Waals surface area contributed by atoms with Crippen LogP contribution in [0.15, 0.2) is 35.5 Å². The van der Waals surface area contributed by atoms with Crippen LogP contribution in [0.2, 0.25) is 0 Å². The molecule has 7 heteroatoms. The van der Waals surface area contributed by atoms with Gasteiger partial charge >= 0.3 is 0 Å². The minimum absolute atomic E-state index is 0.244. The predicted octanol–water partition coefficient (Wildman–Crippen LogP) is 0.0624. The van der Waals surface area contributed by atoms with Gasteiger partial charge in [-0.05, 0) is 0 Å². The molecular weight excluding hydrogens is 228 g/mol. The van der Waals surface area contributed by atoms with Gasteiger partial charge in [0.25, 0.3) is 5.16 Å². The number of hydrogen-bond acceptors (Lipinski definition) is 5. The highest BCUT2D eigenvalue weighted by Gasteiger charge is 2.19. The van der Waals surface area contributed by atoms with E-state index < -0.39 is 9.84 Å². The average molecular weight is 238 g/mol. The molecule has 0 radical (unpaired) electrons. The standard InChI is InChI=1S/C9H10N4O2S/c1-16(14,15)9-12-11-8(13(9)10)7-5-3-2-4-6-7/h2-6H,10H2,1H3. The summed E-state index contributed by atoms with van der Waals surface area (Å²) >= 11 is 0. The van der Waals surface area contributed by atoms with E-state index in [9.17, 15) is 8.42 Å². The SMILES string of the molecule is CS(=O)(=O)c1nnc(-c2ccccc2)n1N. The smallest absolute Gasteiger partial charge is 0.268 e. The lowest BCUT2D eigenvalue weighted by Crippen LogP contribution is -2.17. The van der Waals surface area contributed by atoms with Crippen molar-refractivity contribution >= 4 is 9.84 Å². The molecule has 1 heterocycles. The van der Waals surface area contributed by atoms with Crippen molar-refractivity contribution in [2.24, 2.45) is 0 Å². The molecule has 6 nitrogen and oxygen atoms in total. The molecule has 0 aliphatic heterocycles. The highest BCUT2D eigenvalue weighted by molar-refractivity contribution is 7.90. The maximum atomic E-state index is 11.3. The Morgan fingerprint density at radius 1 is 1.19 bits per heavy atom. The minimum Gasteiger partial charge on any atom is -0.335 e. The summed E-state index contributed by atoms with van der Waals surface area (Å²) in [5, 5.41) is 7.08. The summed E-state index contributed by atoms with van der Waals surface area (Å²) in [5.41, 5.74) is 0.715. The molecular formula is C9H10N4O2S. The molecule has 0 bridgehead atoms. The van der Waals surface area contributed by atoms with Gasteiger partial charge in [0.15, 0.2) is 5.82 Å². The van der Waals surface area contributed by atoms with Crippen LogP contribution < -0.4 is 5.84 Å². The van der Waals surface area contributed by atoms with Gasteiger partial charge in [-0.3, -0.25) is 0 Å². The summed E-state index contributed by atoms with van der Waals surface area (Å²) in [6, 6.07) is 9.02. The first-order chi connectivity index (χ1) is 7.50. The van der Waals surface area contributed by atoms with Crippen molar-refractivity contribution in [2.75, 3.05) is 12.1 Å². The van der Waals surface area contributed by atoms with E-state index in [0.717, 1.165) is 10.9 Å². The molecule has 0 saturated carbocycles. The largest absolute Gasteiger partial charge is 0.335 e. The normalized spacial score (nSPS) is 11.6. The molecule has 0 aliphatic rings. The molecule has 1 aromatic carbocycles. The first kappa shape index (κ1) is 10.6. The van der Waals surface area contributed by atoms with Crippen molar-refractivity contribution in [2.45, 2.75) is 5.16 Å². The average Bonchev–Trinajstić information content (AvgIpc) is 2.61. The van der Waals surface area contributed by atoms with E-state index in [0.29, 0.717) is 11.4 Å². The summed E-state index contributed by atoms with van der Waals surface area (Å²) in [5.74, 6) is 5.95. The number of hydrogen-bond donors (Lipinski definition) is 1. The summed E-state index contributed by atoms with van der Waals surface area (Å²) < 4.78 is 23.6. The van der Waals surface area contributed by atoms with Crippen LogP contribution in [0.25, 0.3) is 11.4 Å². The maximum absolute atomic E-state index is 11.3. The Kier molecular flexibility index (Phi) is 2.39. The van der Waals surface area contributed by atoms with Crippen molar-refractivity contribution < 1.29 is 8.42 Å². The zero-order valence-electron chi connectivity index (χ0n) is 8.53. The first-order valence-electron chi connectivity index (χ1n) is 4.46. The number of nitrogens with zero attached hydrogens (tertiary/aromatic N) is 3. The molecule has 0 spiro atoms. The van der Waals surface area contributed by atoms with Gasteiger partial charge in [-0.15, -0.1) is 10.2 Å². The lowest BCUT2D eigenvalue weighted by atomic mass is 10.2. The van der Waals surface area contributed by atoms with E-state index in [1.807, 2.05) is 18.2 Å². The van der Waals surface area contributed by atoms with Crippen LogP contribution in [0, 0.1) is 0 Å². The monoisotopic (exact) mass is 238 g/mol. The maximum Gasteiger partial charge on any atom is 0.268 e. The number of rotatable bonds is 2. The second kappa shape index (κ2) is 3.60. The quantitative estimate of drug-likeness (QED) is 0.747.